The van der Waals surface area contributed by atoms with E-state index in [0.717, 1.165) is 32.1 Å². The molecule has 0 aromatic rings. The van der Waals surface area contributed by atoms with Crippen LogP contribution in [0.5, 0.6) is 0 Å². The van der Waals surface area contributed by atoms with Gasteiger partial charge in [0, 0.05) is 38.1 Å². The van der Waals surface area contributed by atoms with E-state index in [9.17, 15) is 24.3 Å². The number of hydrogen-bond donors (Lipinski definition) is 5. The average Bonchev–Trinajstić information content (AvgIpc) is 2.74. The monoisotopic (exact) mass is 501 g/mol. The van der Waals surface area contributed by atoms with Crippen molar-refractivity contribution in [2.45, 2.75) is 84.6 Å². The van der Waals surface area contributed by atoms with Crippen molar-refractivity contribution in [3.05, 3.63) is 0 Å². The molecule has 0 rings (SSSR count). The Balaban J connectivity index is 4.00. The van der Waals surface area contributed by atoms with Crippen LogP contribution in [0.15, 0.2) is 4.99 Å². The molecule has 196 valence electrons. The maximum Gasteiger partial charge on any atom is 0.326 e. The van der Waals surface area contributed by atoms with Gasteiger partial charge in [-0.05, 0) is 38.0 Å². The first-order valence-corrected chi connectivity index (χ1v) is 13.0. The van der Waals surface area contributed by atoms with Crippen LogP contribution >= 0.6 is 11.8 Å². The molecule has 10 nitrogen and oxygen atoms in total. The second-order valence-corrected chi connectivity index (χ2v) is 10.0. The van der Waals surface area contributed by atoms with Gasteiger partial charge in [0.05, 0.1) is 0 Å². The Morgan fingerprint density at radius 1 is 1.00 bits per heavy atom. The Morgan fingerprint density at radius 2 is 1.65 bits per heavy atom. The van der Waals surface area contributed by atoms with Crippen LogP contribution in [0.25, 0.3) is 0 Å². The minimum Gasteiger partial charge on any atom is -0.480 e. The fourth-order valence-corrected chi connectivity index (χ4v) is 4.09. The first-order valence-electron chi connectivity index (χ1n) is 12.0. The van der Waals surface area contributed by atoms with Crippen molar-refractivity contribution in [1.29, 1.82) is 0 Å². The van der Waals surface area contributed by atoms with Crippen molar-refractivity contribution in [2.75, 3.05) is 18.8 Å². The van der Waals surface area contributed by atoms with E-state index < -0.39 is 12.0 Å². The third-order valence-electron chi connectivity index (χ3n) is 5.07. The van der Waals surface area contributed by atoms with Gasteiger partial charge >= 0.3 is 5.97 Å². The van der Waals surface area contributed by atoms with E-state index >= 15 is 0 Å². The van der Waals surface area contributed by atoms with Crippen LogP contribution in [0.1, 0.15) is 78.6 Å². The third kappa shape index (κ3) is 18.2. The molecule has 0 aliphatic heterocycles. The Kier molecular flexibility index (Phi) is 17.8. The summed E-state index contributed by atoms with van der Waals surface area (Å²) in [6.45, 7) is 6.56. The fourth-order valence-electron chi connectivity index (χ4n) is 3.36. The molecule has 0 saturated heterocycles. The van der Waals surface area contributed by atoms with Gasteiger partial charge in [-0.15, -0.1) is 0 Å². The summed E-state index contributed by atoms with van der Waals surface area (Å²) in [7, 11) is 0. The number of unbranched alkanes of at least 4 members (excludes halogenated alkanes) is 4. The third-order valence-corrected chi connectivity index (χ3v) is 6.05. The van der Waals surface area contributed by atoms with Gasteiger partial charge in [-0.2, -0.15) is 0 Å². The van der Waals surface area contributed by atoms with Gasteiger partial charge in [-0.1, -0.05) is 44.9 Å². The van der Waals surface area contributed by atoms with E-state index in [4.69, 9.17) is 11.5 Å². The van der Waals surface area contributed by atoms with Gasteiger partial charge in [0.1, 0.15) is 6.04 Å². The highest BCUT2D eigenvalue weighted by Gasteiger charge is 2.20. The van der Waals surface area contributed by atoms with E-state index in [2.05, 4.69) is 29.5 Å². The number of nitrogens with zero attached hydrogens (tertiary/aromatic N) is 1. The van der Waals surface area contributed by atoms with Gasteiger partial charge in [0.2, 0.25) is 11.8 Å². The van der Waals surface area contributed by atoms with Crippen LogP contribution in [-0.4, -0.2) is 58.8 Å². The highest BCUT2D eigenvalue weighted by Crippen LogP contribution is 2.18. The Bertz CT molecular complexity index is 668. The first kappa shape index (κ1) is 31.7. The van der Waals surface area contributed by atoms with Crippen molar-refractivity contribution in [3.63, 3.8) is 0 Å². The predicted molar refractivity (Wildman–Crippen MR) is 136 cm³/mol. The number of rotatable bonds is 19. The first-order chi connectivity index (χ1) is 16.0. The molecule has 0 aromatic heterocycles. The number of amides is 2. The summed E-state index contributed by atoms with van der Waals surface area (Å²) in [6.07, 6.45) is 6.00. The molecular formula is C23H43N5O5S. The highest BCUT2D eigenvalue weighted by atomic mass is 32.2. The number of thioether (sulfide) groups is 1. The van der Waals surface area contributed by atoms with Gasteiger partial charge in [-0.25, -0.2) is 4.79 Å². The Hall–Kier alpha value is -2.30. The van der Waals surface area contributed by atoms with Gasteiger partial charge in [0.25, 0.3) is 0 Å². The molecule has 0 spiro atoms. The molecule has 0 fully saturated rings. The van der Waals surface area contributed by atoms with Crippen molar-refractivity contribution in [2.24, 2.45) is 28.3 Å². The van der Waals surface area contributed by atoms with Crippen LogP contribution < -0.4 is 22.1 Å². The molecule has 11 heteroatoms. The minimum absolute atomic E-state index is 0.00500. The van der Waals surface area contributed by atoms with E-state index in [1.165, 1.54) is 18.7 Å². The average molecular weight is 502 g/mol. The van der Waals surface area contributed by atoms with Gasteiger partial charge in [-0.3, -0.25) is 19.4 Å². The van der Waals surface area contributed by atoms with Crippen molar-refractivity contribution in [1.82, 2.24) is 10.6 Å². The van der Waals surface area contributed by atoms with E-state index in [-0.39, 0.29) is 41.6 Å². The number of aliphatic imine (C=N–C) groups is 1. The van der Waals surface area contributed by atoms with Gasteiger partial charge in [0.15, 0.2) is 11.1 Å². The molecule has 1 unspecified atom stereocenters. The number of carbonyl (C=O) groups excluding carboxylic acids is 3. The number of aliphatic carboxylic acids is 1. The summed E-state index contributed by atoms with van der Waals surface area (Å²) < 4.78 is 0. The Morgan fingerprint density at radius 3 is 2.24 bits per heavy atom. The summed E-state index contributed by atoms with van der Waals surface area (Å²) in [5.41, 5.74) is 10.5. The molecular weight excluding hydrogens is 458 g/mol. The highest BCUT2D eigenvalue weighted by molar-refractivity contribution is 8.13. The molecule has 0 aromatic carbocycles. The lowest BCUT2D eigenvalue weighted by Crippen LogP contribution is -2.40. The number of guanidine groups is 1. The Labute approximate surface area is 207 Å². The second kappa shape index (κ2) is 19.1. The number of nitrogens with one attached hydrogen (secondary N) is 2. The normalized spacial score (nSPS) is 12.6. The van der Waals surface area contributed by atoms with Crippen molar-refractivity contribution in [3.8, 4) is 0 Å². The molecule has 0 saturated carbocycles. The molecule has 0 bridgehead atoms. The number of nitrogens with two attached hydrogens (primary N) is 2. The minimum atomic E-state index is -1.07. The maximum absolute atomic E-state index is 12.4. The lowest BCUT2D eigenvalue weighted by Gasteiger charge is -2.18. The number of hydrogen-bond acceptors (Lipinski definition) is 6. The van der Waals surface area contributed by atoms with Crippen LogP contribution in [0.3, 0.4) is 0 Å². The number of carboxylic acids is 1. The summed E-state index contributed by atoms with van der Waals surface area (Å²) in [5.74, 6) is -0.649. The van der Waals surface area contributed by atoms with Crippen LogP contribution in [-0.2, 0) is 19.2 Å². The molecule has 2 atom stereocenters. The van der Waals surface area contributed by atoms with Crippen LogP contribution in [0.2, 0.25) is 0 Å². The largest absolute Gasteiger partial charge is 0.480 e. The molecule has 0 heterocycles. The summed E-state index contributed by atoms with van der Waals surface area (Å²) in [4.78, 5) is 50.8. The fraction of sp³-hybridized carbons (Fsp3) is 0.783. The standard InChI is InChI=1S/C23H43N5O5S/c1-16(2)14-18(15-34-17(3)29)21(31)26-12-8-6-4-5-7-11-20(30)28-19(22(32)33)10-9-13-27-23(24)25/h16,18-19H,4-15H2,1-3H3,(H,26,31)(H,28,30)(H,32,33)(H4,24,25,27)/t18?,19-/m0/s1. The quantitative estimate of drug-likeness (QED) is 0.101. The van der Waals surface area contributed by atoms with E-state index in [0.29, 0.717) is 37.6 Å². The molecule has 0 aliphatic rings. The zero-order valence-corrected chi connectivity index (χ0v) is 21.6. The van der Waals surface area contributed by atoms with E-state index in [1.807, 2.05) is 0 Å². The molecule has 7 N–H and O–H groups in total. The molecule has 0 aliphatic carbocycles. The summed E-state index contributed by atoms with van der Waals surface area (Å²) in [6, 6.07) is -0.946. The molecule has 2 amide bonds. The maximum atomic E-state index is 12.4. The van der Waals surface area contributed by atoms with E-state index in [1.54, 1.807) is 0 Å². The zero-order valence-electron chi connectivity index (χ0n) is 20.8. The summed E-state index contributed by atoms with van der Waals surface area (Å²) >= 11 is 1.20. The van der Waals surface area contributed by atoms with Gasteiger partial charge < -0.3 is 27.2 Å². The van der Waals surface area contributed by atoms with Crippen molar-refractivity contribution >= 4 is 40.6 Å². The number of carboxylic acid groups (broad SMARTS) is 1. The topological polar surface area (TPSA) is 177 Å². The molecule has 0 radical (unpaired) electrons. The predicted octanol–water partition coefficient (Wildman–Crippen LogP) is 2.01. The van der Waals surface area contributed by atoms with Crippen LogP contribution in [0.4, 0.5) is 0 Å². The second-order valence-electron chi connectivity index (χ2n) is 8.85. The lowest BCUT2D eigenvalue weighted by atomic mass is 9.98. The van der Waals surface area contributed by atoms with Crippen molar-refractivity contribution < 1.29 is 24.3 Å². The smallest absolute Gasteiger partial charge is 0.326 e. The zero-order chi connectivity index (χ0) is 25.9. The molecule has 34 heavy (non-hydrogen) atoms. The SMILES string of the molecule is CC(=O)SCC(CC(C)C)C(=O)NCCCCCCCC(=O)N[C@@H](CCCN=C(N)N)C(=O)O. The number of carbonyl (C=O) groups is 4. The van der Waals surface area contributed by atoms with Crippen LogP contribution in [0, 0.1) is 11.8 Å². The lowest BCUT2D eigenvalue weighted by molar-refractivity contribution is -0.142. The summed E-state index contributed by atoms with van der Waals surface area (Å²) in [5, 5.41) is 14.8.